The van der Waals surface area contributed by atoms with E-state index in [-0.39, 0.29) is 5.78 Å². The first-order valence-corrected chi connectivity index (χ1v) is 5.80. The highest BCUT2D eigenvalue weighted by Crippen LogP contribution is 2.11. The SMILES string of the molecule is Cc1ccc(C(=O)/C=C(\N)c2ccccc2)cc1. The Morgan fingerprint density at radius 2 is 1.56 bits per heavy atom. The highest BCUT2D eigenvalue weighted by atomic mass is 16.1. The Labute approximate surface area is 107 Å². The Hall–Kier alpha value is -2.35. The number of aryl methyl sites for hydroxylation is 1. The van der Waals surface area contributed by atoms with E-state index in [9.17, 15) is 4.79 Å². The van der Waals surface area contributed by atoms with Crippen molar-refractivity contribution in [3.8, 4) is 0 Å². The molecule has 2 rings (SSSR count). The van der Waals surface area contributed by atoms with Gasteiger partial charge in [-0.3, -0.25) is 4.79 Å². The normalized spacial score (nSPS) is 11.3. The van der Waals surface area contributed by atoms with Crippen LogP contribution in [0.2, 0.25) is 0 Å². The van der Waals surface area contributed by atoms with Crippen LogP contribution in [0.1, 0.15) is 21.5 Å². The summed E-state index contributed by atoms with van der Waals surface area (Å²) in [6.07, 6.45) is 1.47. The van der Waals surface area contributed by atoms with Crippen LogP contribution in [-0.2, 0) is 0 Å². The molecular formula is C16H15NO. The summed E-state index contributed by atoms with van der Waals surface area (Å²) in [5.41, 5.74) is 9.03. The predicted octanol–water partition coefficient (Wildman–Crippen LogP) is 3.18. The molecule has 18 heavy (non-hydrogen) atoms. The van der Waals surface area contributed by atoms with Gasteiger partial charge in [-0.25, -0.2) is 0 Å². The lowest BCUT2D eigenvalue weighted by Crippen LogP contribution is -2.02. The van der Waals surface area contributed by atoms with E-state index in [4.69, 9.17) is 5.73 Å². The zero-order valence-corrected chi connectivity index (χ0v) is 10.3. The summed E-state index contributed by atoms with van der Waals surface area (Å²) in [5.74, 6) is -0.0728. The van der Waals surface area contributed by atoms with Crippen LogP contribution in [-0.4, -0.2) is 5.78 Å². The topological polar surface area (TPSA) is 43.1 Å². The number of benzene rings is 2. The first-order chi connectivity index (χ1) is 8.66. The number of nitrogens with two attached hydrogens (primary N) is 1. The van der Waals surface area contributed by atoms with Crippen LogP contribution in [0.15, 0.2) is 60.7 Å². The van der Waals surface area contributed by atoms with Gasteiger partial charge in [-0.2, -0.15) is 0 Å². The van der Waals surface area contributed by atoms with Gasteiger partial charge in [0.15, 0.2) is 5.78 Å². The lowest BCUT2D eigenvalue weighted by molar-refractivity contribution is 0.104. The second kappa shape index (κ2) is 5.32. The van der Waals surface area contributed by atoms with Crippen LogP contribution in [0.3, 0.4) is 0 Å². The molecule has 0 bridgehead atoms. The molecule has 2 heteroatoms. The van der Waals surface area contributed by atoms with Crippen molar-refractivity contribution < 1.29 is 4.79 Å². The van der Waals surface area contributed by atoms with Gasteiger partial charge in [-0.15, -0.1) is 0 Å². The standard InChI is InChI=1S/C16H15NO/c1-12-7-9-14(10-8-12)16(18)11-15(17)13-5-3-2-4-6-13/h2-11H,17H2,1H3/b15-11-. The van der Waals surface area contributed by atoms with Gasteiger partial charge >= 0.3 is 0 Å². The highest BCUT2D eigenvalue weighted by molar-refractivity contribution is 6.08. The van der Waals surface area contributed by atoms with E-state index in [2.05, 4.69) is 0 Å². The molecule has 0 saturated carbocycles. The minimum Gasteiger partial charge on any atom is -0.398 e. The van der Waals surface area contributed by atoms with E-state index in [1.54, 1.807) is 0 Å². The van der Waals surface area contributed by atoms with Crippen molar-refractivity contribution in [3.05, 3.63) is 77.4 Å². The van der Waals surface area contributed by atoms with E-state index in [0.29, 0.717) is 11.3 Å². The van der Waals surface area contributed by atoms with Crippen LogP contribution < -0.4 is 5.73 Å². The first kappa shape index (κ1) is 12.1. The van der Waals surface area contributed by atoms with E-state index in [1.807, 2.05) is 61.5 Å². The molecule has 0 fully saturated rings. The molecule has 0 amide bonds. The molecule has 2 aromatic rings. The zero-order valence-electron chi connectivity index (χ0n) is 10.3. The third-order valence-corrected chi connectivity index (χ3v) is 2.73. The maximum Gasteiger partial charge on any atom is 0.187 e. The third-order valence-electron chi connectivity index (χ3n) is 2.73. The predicted molar refractivity (Wildman–Crippen MR) is 74.1 cm³/mol. The largest absolute Gasteiger partial charge is 0.398 e. The fourth-order valence-corrected chi connectivity index (χ4v) is 1.66. The van der Waals surface area contributed by atoms with Gasteiger partial charge in [0.05, 0.1) is 0 Å². The first-order valence-electron chi connectivity index (χ1n) is 5.80. The lowest BCUT2D eigenvalue weighted by Gasteiger charge is -2.01. The molecule has 0 atom stereocenters. The molecule has 2 N–H and O–H groups in total. The summed E-state index contributed by atoms with van der Waals surface area (Å²) in [5, 5.41) is 0. The molecule has 0 aromatic heterocycles. The highest BCUT2D eigenvalue weighted by Gasteiger charge is 2.04. The minimum absolute atomic E-state index is 0.0728. The molecule has 2 nitrogen and oxygen atoms in total. The van der Waals surface area contributed by atoms with Crippen LogP contribution in [0.4, 0.5) is 0 Å². The fourth-order valence-electron chi connectivity index (χ4n) is 1.66. The van der Waals surface area contributed by atoms with Crippen molar-refractivity contribution in [3.63, 3.8) is 0 Å². The molecule has 0 saturated heterocycles. The molecule has 0 radical (unpaired) electrons. The number of hydrogen-bond acceptors (Lipinski definition) is 2. The van der Waals surface area contributed by atoms with Crippen LogP contribution in [0.25, 0.3) is 5.70 Å². The number of carbonyl (C=O) groups excluding carboxylic acids is 1. The molecule has 2 aromatic carbocycles. The Bertz CT molecular complexity index is 568. The summed E-state index contributed by atoms with van der Waals surface area (Å²) in [7, 11) is 0. The van der Waals surface area contributed by atoms with Gasteiger partial charge in [0.2, 0.25) is 0 Å². The van der Waals surface area contributed by atoms with E-state index < -0.39 is 0 Å². The summed E-state index contributed by atoms with van der Waals surface area (Å²) in [6.45, 7) is 1.99. The average molecular weight is 237 g/mol. The number of allylic oxidation sites excluding steroid dienone is 1. The second-order valence-corrected chi connectivity index (χ2v) is 4.20. The third kappa shape index (κ3) is 2.86. The zero-order chi connectivity index (χ0) is 13.0. The Morgan fingerprint density at radius 1 is 0.944 bits per heavy atom. The van der Waals surface area contributed by atoms with Gasteiger partial charge < -0.3 is 5.73 Å². The summed E-state index contributed by atoms with van der Waals surface area (Å²) in [4.78, 5) is 12.0. The van der Waals surface area contributed by atoms with Crippen molar-refractivity contribution in [1.82, 2.24) is 0 Å². The van der Waals surface area contributed by atoms with Crippen LogP contribution >= 0.6 is 0 Å². The fraction of sp³-hybridized carbons (Fsp3) is 0.0625. The quantitative estimate of drug-likeness (QED) is 0.658. The summed E-state index contributed by atoms with van der Waals surface area (Å²) < 4.78 is 0. The van der Waals surface area contributed by atoms with Gasteiger partial charge in [0.25, 0.3) is 0 Å². The maximum atomic E-state index is 12.0. The molecule has 0 spiro atoms. The Morgan fingerprint density at radius 3 is 2.17 bits per heavy atom. The number of ketones is 1. The van der Waals surface area contributed by atoms with Gasteiger partial charge in [0.1, 0.15) is 0 Å². The number of carbonyl (C=O) groups is 1. The molecular weight excluding hydrogens is 222 g/mol. The molecule has 0 aliphatic heterocycles. The molecule has 90 valence electrons. The van der Waals surface area contributed by atoms with Crippen molar-refractivity contribution in [2.75, 3.05) is 0 Å². The smallest absolute Gasteiger partial charge is 0.187 e. The maximum absolute atomic E-state index is 12.0. The van der Waals surface area contributed by atoms with E-state index >= 15 is 0 Å². The van der Waals surface area contributed by atoms with Gasteiger partial charge in [-0.1, -0.05) is 60.2 Å². The molecule has 0 aliphatic carbocycles. The van der Waals surface area contributed by atoms with E-state index in [0.717, 1.165) is 11.1 Å². The van der Waals surface area contributed by atoms with Crippen molar-refractivity contribution in [2.24, 2.45) is 5.73 Å². The molecule has 0 unspecified atom stereocenters. The van der Waals surface area contributed by atoms with Crippen molar-refractivity contribution >= 4 is 11.5 Å². The monoisotopic (exact) mass is 237 g/mol. The minimum atomic E-state index is -0.0728. The van der Waals surface area contributed by atoms with Crippen molar-refractivity contribution in [2.45, 2.75) is 6.92 Å². The molecule has 0 heterocycles. The van der Waals surface area contributed by atoms with Gasteiger partial charge in [0, 0.05) is 17.3 Å². The van der Waals surface area contributed by atoms with E-state index in [1.165, 1.54) is 6.08 Å². The number of rotatable bonds is 3. The van der Waals surface area contributed by atoms with Crippen molar-refractivity contribution in [1.29, 1.82) is 0 Å². The molecule has 0 aliphatic rings. The van der Waals surface area contributed by atoms with Crippen LogP contribution in [0.5, 0.6) is 0 Å². The second-order valence-electron chi connectivity index (χ2n) is 4.20. The summed E-state index contributed by atoms with van der Waals surface area (Å²) in [6, 6.07) is 16.9. The van der Waals surface area contributed by atoms with Gasteiger partial charge in [-0.05, 0) is 12.5 Å². The van der Waals surface area contributed by atoms with Crippen LogP contribution in [0, 0.1) is 6.92 Å². The number of hydrogen-bond donors (Lipinski definition) is 1. The lowest BCUT2D eigenvalue weighted by atomic mass is 10.1. The Balaban J connectivity index is 2.23. The Kier molecular flexibility index (Phi) is 3.58. The summed E-state index contributed by atoms with van der Waals surface area (Å²) >= 11 is 0. The average Bonchev–Trinajstić information content (AvgIpc) is 2.40.